The lowest BCUT2D eigenvalue weighted by atomic mass is 9.91. The molecule has 3 heterocycles. The molecule has 0 spiro atoms. The van der Waals surface area contributed by atoms with Crippen molar-refractivity contribution in [2.24, 2.45) is 0 Å². The predicted octanol–water partition coefficient (Wildman–Crippen LogP) is 1.84. The van der Waals surface area contributed by atoms with E-state index in [-0.39, 0.29) is 24.0 Å². The molecule has 0 saturated carbocycles. The van der Waals surface area contributed by atoms with Gasteiger partial charge in [-0.1, -0.05) is 0 Å². The van der Waals surface area contributed by atoms with Crippen molar-refractivity contribution in [1.82, 2.24) is 25.3 Å². The molecular weight excluding hydrogens is 347 g/mol. The fraction of sp³-hybridized carbons (Fsp3) is 0.765. The van der Waals surface area contributed by atoms with Crippen molar-refractivity contribution in [1.29, 1.82) is 0 Å². The summed E-state index contributed by atoms with van der Waals surface area (Å²) < 4.78 is 39.4. The Hall–Kier alpha value is -1.61. The minimum Gasteiger partial charge on any atom is -0.348 e. The summed E-state index contributed by atoms with van der Waals surface area (Å²) in [7, 11) is 0. The molecule has 1 aromatic rings. The number of aryl methyl sites for hydroxylation is 1. The van der Waals surface area contributed by atoms with E-state index in [9.17, 15) is 18.0 Å². The average Bonchev–Trinajstić information content (AvgIpc) is 3.06. The van der Waals surface area contributed by atoms with Crippen LogP contribution in [0.1, 0.15) is 44.2 Å². The zero-order valence-electron chi connectivity index (χ0n) is 14.9. The average molecular weight is 373 g/mol. The number of hydrogen-bond donors (Lipinski definition) is 2. The van der Waals surface area contributed by atoms with Gasteiger partial charge in [-0.3, -0.25) is 14.4 Å². The van der Waals surface area contributed by atoms with Gasteiger partial charge in [0.2, 0.25) is 5.91 Å². The molecule has 1 aromatic heterocycles. The molecule has 0 radical (unpaired) electrons. The van der Waals surface area contributed by atoms with Gasteiger partial charge in [-0.05, 0) is 39.3 Å². The van der Waals surface area contributed by atoms with Gasteiger partial charge >= 0.3 is 6.18 Å². The van der Waals surface area contributed by atoms with E-state index >= 15 is 0 Å². The van der Waals surface area contributed by atoms with Crippen molar-refractivity contribution < 1.29 is 18.0 Å². The summed E-state index contributed by atoms with van der Waals surface area (Å²) in [4.78, 5) is 13.3. The summed E-state index contributed by atoms with van der Waals surface area (Å²) in [6.45, 7) is 2.80. The topological polar surface area (TPSA) is 62.2 Å². The van der Waals surface area contributed by atoms with E-state index in [4.69, 9.17) is 0 Å². The van der Waals surface area contributed by atoms with Crippen LogP contribution >= 0.6 is 0 Å². The number of carbonyl (C=O) groups excluding carboxylic acids is 1. The van der Waals surface area contributed by atoms with Crippen LogP contribution in [-0.2, 0) is 11.3 Å². The Morgan fingerprint density at radius 3 is 2.65 bits per heavy atom. The van der Waals surface area contributed by atoms with Crippen molar-refractivity contribution in [3.63, 3.8) is 0 Å². The van der Waals surface area contributed by atoms with Crippen LogP contribution in [-0.4, -0.2) is 58.5 Å². The van der Waals surface area contributed by atoms with Crippen molar-refractivity contribution >= 4 is 5.91 Å². The maximum atomic E-state index is 12.5. The quantitative estimate of drug-likeness (QED) is 0.827. The Labute approximate surface area is 151 Å². The number of aromatic nitrogens is 2. The summed E-state index contributed by atoms with van der Waals surface area (Å²) in [6, 6.07) is 0.0920. The molecule has 2 fully saturated rings. The molecule has 146 valence electrons. The molecule has 6 nitrogen and oxygen atoms in total. The van der Waals surface area contributed by atoms with Crippen LogP contribution in [0.25, 0.3) is 0 Å². The van der Waals surface area contributed by atoms with Gasteiger partial charge in [0.15, 0.2) is 0 Å². The third kappa shape index (κ3) is 4.97. The van der Waals surface area contributed by atoms with Crippen LogP contribution in [0.3, 0.4) is 0 Å². The highest BCUT2D eigenvalue weighted by Gasteiger charge is 2.35. The first-order chi connectivity index (χ1) is 12.3. The van der Waals surface area contributed by atoms with E-state index in [0.29, 0.717) is 32.4 Å². The molecule has 9 heteroatoms. The van der Waals surface area contributed by atoms with Crippen LogP contribution < -0.4 is 10.6 Å². The van der Waals surface area contributed by atoms with Gasteiger partial charge in [0.05, 0.1) is 18.8 Å². The Balaban J connectivity index is 1.58. The minimum absolute atomic E-state index is 0.0253. The predicted molar refractivity (Wildman–Crippen MR) is 90.5 cm³/mol. The fourth-order valence-electron chi connectivity index (χ4n) is 3.82. The molecule has 3 rings (SSSR count). The van der Waals surface area contributed by atoms with E-state index in [1.165, 1.54) is 4.90 Å². The number of halogens is 3. The van der Waals surface area contributed by atoms with Gasteiger partial charge in [-0.25, -0.2) is 0 Å². The minimum atomic E-state index is -4.14. The molecule has 26 heavy (non-hydrogen) atoms. The summed E-state index contributed by atoms with van der Waals surface area (Å²) in [6.07, 6.45) is 2.12. The second-order valence-electron chi connectivity index (χ2n) is 7.15. The lowest BCUT2D eigenvalue weighted by Crippen LogP contribution is -2.54. The third-order valence-electron chi connectivity index (χ3n) is 5.18. The number of nitrogens with one attached hydrogen (secondary N) is 2. The van der Waals surface area contributed by atoms with Crippen LogP contribution in [0.5, 0.6) is 0 Å². The summed E-state index contributed by atoms with van der Waals surface area (Å²) in [5.41, 5.74) is 0.965. The summed E-state index contributed by atoms with van der Waals surface area (Å²) >= 11 is 0. The molecule has 2 saturated heterocycles. The SMILES string of the molecule is CCn1cc([C@@H]2NC(=O)CC[C@H]2NC2CCN(CC(F)(F)F)CC2)cn1. The molecule has 2 aliphatic heterocycles. The van der Waals surface area contributed by atoms with E-state index in [0.717, 1.165) is 18.5 Å². The van der Waals surface area contributed by atoms with Crippen molar-refractivity contribution in [3.8, 4) is 0 Å². The fourth-order valence-corrected chi connectivity index (χ4v) is 3.82. The molecule has 2 atom stereocenters. The zero-order valence-corrected chi connectivity index (χ0v) is 14.9. The number of likely N-dealkylation sites (tertiary alicyclic amines) is 1. The molecule has 1 amide bonds. The van der Waals surface area contributed by atoms with Gasteiger partial charge in [0, 0.05) is 36.8 Å². The highest BCUT2D eigenvalue weighted by molar-refractivity contribution is 5.77. The third-order valence-corrected chi connectivity index (χ3v) is 5.18. The van der Waals surface area contributed by atoms with Gasteiger partial charge in [-0.2, -0.15) is 18.3 Å². The first-order valence-electron chi connectivity index (χ1n) is 9.21. The number of amides is 1. The number of hydrogen-bond acceptors (Lipinski definition) is 4. The van der Waals surface area contributed by atoms with Crippen molar-refractivity contribution in [2.45, 2.75) is 63.5 Å². The second-order valence-corrected chi connectivity index (χ2v) is 7.15. The summed E-state index contributed by atoms with van der Waals surface area (Å²) in [5, 5.41) is 10.9. The Bertz CT molecular complexity index is 610. The van der Waals surface area contributed by atoms with Crippen LogP contribution in [0.4, 0.5) is 13.2 Å². The molecule has 0 bridgehead atoms. The van der Waals surface area contributed by atoms with Crippen molar-refractivity contribution in [3.05, 3.63) is 18.0 Å². The van der Waals surface area contributed by atoms with Gasteiger partial charge in [-0.15, -0.1) is 0 Å². The highest BCUT2D eigenvalue weighted by atomic mass is 19.4. The van der Waals surface area contributed by atoms with Crippen LogP contribution in [0.15, 0.2) is 12.4 Å². The normalized spacial score (nSPS) is 26.1. The molecule has 2 N–H and O–H groups in total. The largest absolute Gasteiger partial charge is 0.401 e. The number of rotatable bonds is 5. The van der Waals surface area contributed by atoms with E-state index in [1.54, 1.807) is 6.20 Å². The maximum absolute atomic E-state index is 12.5. The standard InChI is InChI=1S/C17H26F3N5O/c1-2-25-10-12(9-21-25)16-14(3-4-15(26)23-16)22-13-5-7-24(8-6-13)11-17(18,19)20/h9-10,13-14,16,22H,2-8,11H2,1H3,(H,23,26)/t14-,16+/m1/s1. The Morgan fingerprint density at radius 1 is 1.31 bits per heavy atom. The number of nitrogens with zero attached hydrogens (tertiary/aromatic N) is 3. The highest BCUT2D eigenvalue weighted by Crippen LogP contribution is 2.26. The Kier molecular flexibility index (Phi) is 5.86. The first-order valence-corrected chi connectivity index (χ1v) is 9.21. The monoisotopic (exact) mass is 373 g/mol. The number of carbonyl (C=O) groups is 1. The molecule has 0 unspecified atom stereocenters. The summed E-state index contributed by atoms with van der Waals surface area (Å²) in [5.74, 6) is 0.0253. The van der Waals surface area contributed by atoms with Crippen molar-refractivity contribution in [2.75, 3.05) is 19.6 Å². The van der Waals surface area contributed by atoms with Crippen LogP contribution in [0, 0.1) is 0 Å². The van der Waals surface area contributed by atoms with Crippen LogP contribution in [0.2, 0.25) is 0 Å². The maximum Gasteiger partial charge on any atom is 0.401 e. The number of piperidine rings is 2. The number of alkyl halides is 3. The molecule has 0 aromatic carbocycles. The smallest absolute Gasteiger partial charge is 0.348 e. The van der Waals surface area contributed by atoms with E-state index < -0.39 is 12.7 Å². The second kappa shape index (κ2) is 7.96. The lowest BCUT2D eigenvalue weighted by Gasteiger charge is -2.38. The van der Waals surface area contributed by atoms with Gasteiger partial charge in [0.1, 0.15) is 0 Å². The lowest BCUT2D eigenvalue weighted by molar-refractivity contribution is -0.148. The Morgan fingerprint density at radius 2 is 2.04 bits per heavy atom. The molecule has 0 aliphatic carbocycles. The van der Waals surface area contributed by atoms with E-state index in [1.807, 2.05) is 17.8 Å². The zero-order chi connectivity index (χ0) is 18.7. The van der Waals surface area contributed by atoms with E-state index in [2.05, 4.69) is 15.7 Å². The first kappa shape index (κ1) is 19.2. The van der Waals surface area contributed by atoms with Gasteiger partial charge < -0.3 is 10.6 Å². The molecule has 2 aliphatic rings. The molecular formula is C17H26F3N5O. The van der Waals surface area contributed by atoms with Gasteiger partial charge in [0.25, 0.3) is 0 Å².